The largest absolute Gasteiger partial charge is 0.378 e. The van der Waals surface area contributed by atoms with Gasteiger partial charge in [0.05, 0.1) is 31.9 Å². The molecule has 0 atom stereocenters. The minimum absolute atomic E-state index is 0.582. The van der Waals surface area contributed by atoms with E-state index in [9.17, 15) is 0 Å². The summed E-state index contributed by atoms with van der Waals surface area (Å²) in [4.78, 5) is 27.6. The van der Waals surface area contributed by atoms with Crippen LogP contribution in [0.15, 0.2) is 30.6 Å². The van der Waals surface area contributed by atoms with Crippen LogP contribution in [0.25, 0.3) is 22.6 Å². The van der Waals surface area contributed by atoms with Crippen molar-refractivity contribution in [1.29, 1.82) is 0 Å². The first kappa shape index (κ1) is 17.2. The molecule has 3 aromatic rings. The van der Waals surface area contributed by atoms with E-state index >= 15 is 0 Å². The number of hydrogen-bond acceptors (Lipinski definition) is 9. The Kier molecular flexibility index (Phi) is 4.67. The molecule has 0 saturated carbocycles. The van der Waals surface area contributed by atoms with Gasteiger partial charge in [-0.2, -0.15) is 0 Å². The third kappa shape index (κ3) is 3.34. The van der Waals surface area contributed by atoms with Crippen LogP contribution in [0, 0.1) is 0 Å². The van der Waals surface area contributed by atoms with Crippen LogP contribution in [0.3, 0.4) is 0 Å². The summed E-state index contributed by atoms with van der Waals surface area (Å²) in [6.45, 7) is 5.87. The van der Waals surface area contributed by atoms with E-state index in [2.05, 4.69) is 19.8 Å². The molecular formula is C19H21N7O2. The molecular weight excluding hydrogens is 358 g/mol. The topological polar surface area (TPSA) is 89.4 Å². The lowest BCUT2D eigenvalue weighted by Gasteiger charge is -2.28. The molecule has 0 aromatic carbocycles. The Bertz CT molecular complexity index is 971. The Morgan fingerprint density at radius 1 is 0.750 bits per heavy atom. The summed E-state index contributed by atoms with van der Waals surface area (Å²) in [6, 6.07) is 5.70. The van der Waals surface area contributed by atoms with E-state index in [0.29, 0.717) is 43.9 Å². The quantitative estimate of drug-likeness (QED) is 0.665. The Balaban J connectivity index is 1.57. The monoisotopic (exact) mass is 379 g/mol. The van der Waals surface area contributed by atoms with Crippen molar-refractivity contribution in [2.45, 2.75) is 0 Å². The summed E-state index contributed by atoms with van der Waals surface area (Å²) in [7, 11) is 0. The van der Waals surface area contributed by atoms with Crippen molar-refractivity contribution in [2.24, 2.45) is 0 Å². The van der Waals surface area contributed by atoms with E-state index in [1.54, 1.807) is 12.4 Å². The zero-order valence-corrected chi connectivity index (χ0v) is 15.5. The van der Waals surface area contributed by atoms with Crippen LogP contribution < -0.4 is 9.80 Å². The van der Waals surface area contributed by atoms with E-state index in [0.717, 1.165) is 43.0 Å². The first-order valence-electron chi connectivity index (χ1n) is 9.50. The molecule has 3 aromatic heterocycles. The molecule has 5 rings (SSSR count). The van der Waals surface area contributed by atoms with Gasteiger partial charge < -0.3 is 19.3 Å². The second-order valence-corrected chi connectivity index (χ2v) is 6.68. The average Bonchev–Trinajstić information content (AvgIpc) is 2.79. The molecule has 2 aliphatic rings. The van der Waals surface area contributed by atoms with Gasteiger partial charge in [-0.1, -0.05) is 0 Å². The highest BCUT2D eigenvalue weighted by Crippen LogP contribution is 2.26. The zero-order chi connectivity index (χ0) is 18.8. The van der Waals surface area contributed by atoms with Gasteiger partial charge in [0.25, 0.3) is 0 Å². The molecule has 0 N–H and O–H groups in total. The Morgan fingerprint density at radius 3 is 2.29 bits per heavy atom. The summed E-state index contributed by atoms with van der Waals surface area (Å²) in [5.74, 6) is 2.10. The molecule has 9 nitrogen and oxygen atoms in total. The van der Waals surface area contributed by atoms with Crippen LogP contribution in [-0.4, -0.2) is 77.5 Å². The number of anilines is 2. The minimum atomic E-state index is 0.582. The van der Waals surface area contributed by atoms with Crippen LogP contribution in [0.2, 0.25) is 0 Å². The van der Waals surface area contributed by atoms with Gasteiger partial charge in [0.1, 0.15) is 11.2 Å². The molecule has 9 heteroatoms. The van der Waals surface area contributed by atoms with Gasteiger partial charge in [-0.15, -0.1) is 0 Å². The Labute approximate surface area is 162 Å². The van der Waals surface area contributed by atoms with E-state index in [-0.39, 0.29) is 0 Å². The van der Waals surface area contributed by atoms with Crippen LogP contribution in [0.4, 0.5) is 11.8 Å². The number of nitrogens with zero attached hydrogens (tertiary/aromatic N) is 7. The van der Waals surface area contributed by atoms with Crippen molar-refractivity contribution in [3.05, 3.63) is 30.6 Å². The number of pyridine rings is 1. The smallest absolute Gasteiger partial charge is 0.226 e. The Hall–Kier alpha value is -2.91. The molecule has 28 heavy (non-hydrogen) atoms. The van der Waals surface area contributed by atoms with Crippen molar-refractivity contribution in [2.75, 3.05) is 62.4 Å². The van der Waals surface area contributed by atoms with Crippen LogP contribution in [0.5, 0.6) is 0 Å². The normalized spacial score (nSPS) is 17.9. The standard InChI is InChI=1S/C19H21N7O2/c1-2-14-16(20-4-1)18(25-6-10-27-11-7-25)24-17(22-14)15-3-5-21-19(23-15)26-8-12-28-13-9-26/h1-5H,6-13H2. The molecule has 2 aliphatic heterocycles. The van der Waals surface area contributed by atoms with Crippen molar-refractivity contribution >= 4 is 22.8 Å². The van der Waals surface area contributed by atoms with Gasteiger partial charge >= 0.3 is 0 Å². The predicted molar refractivity (Wildman–Crippen MR) is 104 cm³/mol. The van der Waals surface area contributed by atoms with Gasteiger partial charge in [-0.05, 0) is 18.2 Å². The second-order valence-electron chi connectivity index (χ2n) is 6.68. The summed E-state index contributed by atoms with van der Waals surface area (Å²) < 4.78 is 10.9. The highest BCUT2D eigenvalue weighted by Gasteiger charge is 2.20. The van der Waals surface area contributed by atoms with Gasteiger partial charge in [0.2, 0.25) is 5.95 Å². The van der Waals surface area contributed by atoms with E-state index in [1.807, 2.05) is 18.2 Å². The minimum Gasteiger partial charge on any atom is -0.378 e. The van der Waals surface area contributed by atoms with E-state index in [1.165, 1.54) is 0 Å². The van der Waals surface area contributed by atoms with Crippen molar-refractivity contribution in [1.82, 2.24) is 24.9 Å². The van der Waals surface area contributed by atoms with Crippen molar-refractivity contribution in [3.63, 3.8) is 0 Å². The number of fused-ring (bicyclic) bond motifs is 1. The molecule has 0 aliphatic carbocycles. The highest BCUT2D eigenvalue weighted by atomic mass is 16.5. The fraction of sp³-hybridized carbons (Fsp3) is 0.421. The summed E-state index contributed by atoms with van der Waals surface area (Å²) in [6.07, 6.45) is 3.54. The van der Waals surface area contributed by atoms with Crippen LogP contribution in [-0.2, 0) is 9.47 Å². The average molecular weight is 379 g/mol. The molecule has 0 unspecified atom stereocenters. The van der Waals surface area contributed by atoms with Gasteiger partial charge in [0.15, 0.2) is 11.6 Å². The third-order valence-electron chi connectivity index (χ3n) is 4.91. The summed E-state index contributed by atoms with van der Waals surface area (Å²) >= 11 is 0. The molecule has 144 valence electrons. The summed E-state index contributed by atoms with van der Waals surface area (Å²) in [5, 5.41) is 0. The first-order valence-corrected chi connectivity index (χ1v) is 9.50. The lowest BCUT2D eigenvalue weighted by Crippen LogP contribution is -2.37. The fourth-order valence-electron chi connectivity index (χ4n) is 3.45. The fourth-order valence-corrected chi connectivity index (χ4v) is 3.45. The second kappa shape index (κ2) is 7.61. The number of rotatable bonds is 3. The van der Waals surface area contributed by atoms with Crippen molar-refractivity contribution < 1.29 is 9.47 Å². The lowest BCUT2D eigenvalue weighted by molar-refractivity contribution is 0.122. The van der Waals surface area contributed by atoms with E-state index < -0.39 is 0 Å². The molecule has 0 bridgehead atoms. The third-order valence-corrected chi connectivity index (χ3v) is 4.91. The number of morpholine rings is 2. The lowest BCUT2D eigenvalue weighted by atomic mass is 10.3. The van der Waals surface area contributed by atoms with Gasteiger partial charge in [-0.25, -0.2) is 19.9 Å². The number of ether oxygens (including phenoxy) is 2. The molecule has 0 radical (unpaired) electrons. The molecule has 2 fully saturated rings. The van der Waals surface area contributed by atoms with Gasteiger partial charge in [-0.3, -0.25) is 4.98 Å². The highest BCUT2D eigenvalue weighted by molar-refractivity contribution is 5.87. The summed E-state index contributed by atoms with van der Waals surface area (Å²) in [5.41, 5.74) is 2.31. The van der Waals surface area contributed by atoms with E-state index in [4.69, 9.17) is 24.4 Å². The maximum atomic E-state index is 5.49. The maximum Gasteiger partial charge on any atom is 0.226 e. The van der Waals surface area contributed by atoms with Crippen LogP contribution >= 0.6 is 0 Å². The molecule has 2 saturated heterocycles. The number of aromatic nitrogens is 5. The maximum absolute atomic E-state index is 5.49. The molecule has 0 spiro atoms. The first-order chi connectivity index (χ1) is 13.9. The molecule has 0 amide bonds. The van der Waals surface area contributed by atoms with Gasteiger partial charge in [0, 0.05) is 38.6 Å². The van der Waals surface area contributed by atoms with Crippen molar-refractivity contribution in [3.8, 4) is 11.5 Å². The number of hydrogen-bond donors (Lipinski definition) is 0. The Morgan fingerprint density at radius 2 is 1.50 bits per heavy atom. The SMILES string of the molecule is c1cnc2c(N3CCOCC3)nc(-c3ccnc(N4CCOCC4)n3)nc2c1. The molecule has 5 heterocycles. The van der Waals surface area contributed by atoms with Crippen LogP contribution in [0.1, 0.15) is 0 Å². The predicted octanol–water partition coefficient (Wildman–Crippen LogP) is 1.15. The zero-order valence-electron chi connectivity index (χ0n) is 15.5.